The van der Waals surface area contributed by atoms with Crippen molar-refractivity contribution in [3.05, 3.63) is 48.0 Å². The molecule has 0 bridgehead atoms. The Labute approximate surface area is 157 Å². The van der Waals surface area contributed by atoms with Gasteiger partial charge in [0.2, 0.25) is 0 Å². The van der Waals surface area contributed by atoms with Crippen LogP contribution in [0.3, 0.4) is 0 Å². The summed E-state index contributed by atoms with van der Waals surface area (Å²) in [4.78, 5) is 54.8. The van der Waals surface area contributed by atoms with Crippen LogP contribution in [0.4, 0.5) is 4.79 Å². The van der Waals surface area contributed by atoms with Gasteiger partial charge in [-0.15, -0.1) is 6.58 Å². The summed E-state index contributed by atoms with van der Waals surface area (Å²) in [6, 6.07) is 6.20. The van der Waals surface area contributed by atoms with E-state index < -0.39 is 29.5 Å². The van der Waals surface area contributed by atoms with E-state index in [1.165, 1.54) is 23.1 Å². The number of hydrogen-bond acceptors (Lipinski definition) is 6. The van der Waals surface area contributed by atoms with Gasteiger partial charge in [-0.1, -0.05) is 23.3 Å². The van der Waals surface area contributed by atoms with E-state index in [4.69, 9.17) is 9.57 Å². The minimum absolute atomic E-state index is 0.0110. The van der Waals surface area contributed by atoms with Gasteiger partial charge in [0.1, 0.15) is 5.60 Å². The topological polar surface area (TPSA) is 93.2 Å². The van der Waals surface area contributed by atoms with E-state index in [-0.39, 0.29) is 30.6 Å². The van der Waals surface area contributed by atoms with Crippen LogP contribution in [0.1, 0.15) is 47.9 Å². The fraction of sp³-hybridized carbons (Fsp3) is 0.368. The summed E-state index contributed by atoms with van der Waals surface area (Å²) in [5.74, 6) is -2.21. The highest BCUT2D eigenvalue weighted by molar-refractivity contribution is 6.20. The molecule has 0 unspecified atom stereocenters. The molecule has 144 valence electrons. The number of carbonyl (C=O) groups excluding carboxylic acids is 4. The Hall–Kier alpha value is -3.16. The zero-order valence-electron chi connectivity index (χ0n) is 15.6. The molecule has 2 rings (SSSR count). The number of hydroxylamine groups is 2. The third-order valence-corrected chi connectivity index (χ3v) is 3.54. The second-order valence-corrected chi connectivity index (χ2v) is 6.88. The molecule has 1 aromatic rings. The first-order valence-electron chi connectivity index (χ1n) is 8.41. The van der Waals surface area contributed by atoms with Crippen molar-refractivity contribution in [2.45, 2.75) is 32.8 Å². The maximum absolute atomic E-state index is 12.2. The first kappa shape index (κ1) is 20.2. The van der Waals surface area contributed by atoms with Crippen molar-refractivity contribution in [1.29, 1.82) is 0 Å². The summed E-state index contributed by atoms with van der Waals surface area (Å²) >= 11 is 0. The van der Waals surface area contributed by atoms with Gasteiger partial charge in [0.15, 0.2) is 0 Å². The average Bonchev–Trinajstić information content (AvgIpc) is 2.82. The Morgan fingerprint density at radius 3 is 2.19 bits per heavy atom. The number of benzene rings is 1. The fourth-order valence-corrected chi connectivity index (χ4v) is 2.36. The van der Waals surface area contributed by atoms with E-state index in [0.717, 1.165) is 0 Å². The van der Waals surface area contributed by atoms with Crippen LogP contribution in [0.15, 0.2) is 36.9 Å². The fourth-order valence-electron chi connectivity index (χ4n) is 2.36. The molecule has 3 amide bonds. The lowest BCUT2D eigenvalue weighted by molar-refractivity contribution is -0.168. The predicted molar refractivity (Wildman–Crippen MR) is 95.7 cm³/mol. The molecule has 8 heteroatoms. The number of hydrogen-bond donors (Lipinski definition) is 0. The van der Waals surface area contributed by atoms with Crippen molar-refractivity contribution in [3.8, 4) is 0 Å². The van der Waals surface area contributed by atoms with E-state index in [1.54, 1.807) is 32.9 Å². The highest BCUT2D eigenvalue weighted by Gasteiger charge is 2.38. The van der Waals surface area contributed by atoms with Crippen LogP contribution in [0.25, 0.3) is 0 Å². The lowest BCUT2D eigenvalue weighted by atomic mass is 10.1. The van der Waals surface area contributed by atoms with Crippen LogP contribution >= 0.6 is 0 Å². The predicted octanol–water partition coefficient (Wildman–Crippen LogP) is 2.55. The standard InChI is InChI=1S/C19H22N2O6/c1-5-11-20(18(25)26-19(2,3)4)12-10-15(22)27-21-16(23)13-8-6-7-9-14(13)17(21)24/h5-9H,1,10-12H2,2-4H3. The number of imide groups is 1. The van der Waals surface area contributed by atoms with Gasteiger partial charge in [-0.05, 0) is 32.9 Å². The normalized spacial score (nSPS) is 13.2. The van der Waals surface area contributed by atoms with Crippen molar-refractivity contribution in [1.82, 2.24) is 9.96 Å². The second-order valence-electron chi connectivity index (χ2n) is 6.88. The molecule has 1 aliphatic rings. The van der Waals surface area contributed by atoms with E-state index >= 15 is 0 Å². The van der Waals surface area contributed by atoms with Crippen molar-refractivity contribution >= 4 is 23.9 Å². The molecule has 0 saturated carbocycles. The quantitative estimate of drug-likeness (QED) is 0.561. The highest BCUT2D eigenvalue weighted by atomic mass is 16.7. The number of carbonyl (C=O) groups is 4. The maximum Gasteiger partial charge on any atom is 0.410 e. The summed E-state index contributed by atoms with van der Waals surface area (Å²) in [5, 5.41) is 0.443. The van der Waals surface area contributed by atoms with Crippen molar-refractivity contribution in [2.24, 2.45) is 0 Å². The van der Waals surface area contributed by atoms with Crippen LogP contribution in [-0.4, -0.2) is 52.5 Å². The summed E-state index contributed by atoms with van der Waals surface area (Å²) in [7, 11) is 0. The first-order valence-corrected chi connectivity index (χ1v) is 8.41. The monoisotopic (exact) mass is 374 g/mol. The van der Waals surface area contributed by atoms with Crippen LogP contribution in [-0.2, 0) is 14.4 Å². The Kier molecular flexibility index (Phi) is 5.99. The molecule has 0 aromatic heterocycles. The minimum Gasteiger partial charge on any atom is -0.444 e. The van der Waals surface area contributed by atoms with Crippen LogP contribution in [0, 0.1) is 0 Å². The van der Waals surface area contributed by atoms with E-state index in [1.807, 2.05) is 0 Å². The van der Waals surface area contributed by atoms with E-state index in [9.17, 15) is 19.2 Å². The van der Waals surface area contributed by atoms with Gasteiger partial charge >= 0.3 is 12.1 Å². The molecule has 0 saturated heterocycles. The first-order chi connectivity index (χ1) is 12.6. The molecule has 0 fully saturated rings. The Morgan fingerprint density at radius 2 is 1.70 bits per heavy atom. The SMILES string of the molecule is C=CCN(CCC(=O)ON1C(=O)c2ccccc2C1=O)C(=O)OC(C)(C)C. The number of amides is 3. The smallest absolute Gasteiger partial charge is 0.410 e. The van der Waals surface area contributed by atoms with Crippen LogP contribution in [0.2, 0.25) is 0 Å². The highest BCUT2D eigenvalue weighted by Crippen LogP contribution is 2.22. The van der Waals surface area contributed by atoms with Gasteiger partial charge in [-0.3, -0.25) is 9.59 Å². The van der Waals surface area contributed by atoms with E-state index in [2.05, 4.69) is 6.58 Å². The van der Waals surface area contributed by atoms with Gasteiger partial charge in [0, 0.05) is 13.1 Å². The van der Waals surface area contributed by atoms with Gasteiger partial charge in [0.25, 0.3) is 11.8 Å². The molecule has 0 radical (unpaired) electrons. The second kappa shape index (κ2) is 8.03. The number of ether oxygens (including phenoxy) is 1. The van der Waals surface area contributed by atoms with E-state index in [0.29, 0.717) is 5.06 Å². The third kappa shape index (κ3) is 4.93. The third-order valence-electron chi connectivity index (χ3n) is 3.54. The summed E-state index contributed by atoms with van der Waals surface area (Å²) in [5.41, 5.74) is -0.327. The molecule has 0 atom stereocenters. The molecule has 0 N–H and O–H groups in total. The molecule has 1 aromatic carbocycles. The van der Waals surface area contributed by atoms with Gasteiger partial charge in [-0.25, -0.2) is 9.59 Å². The molecular weight excluding hydrogens is 352 g/mol. The number of fused-ring (bicyclic) bond motifs is 1. The zero-order chi connectivity index (χ0) is 20.2. The summed E-state index contributed by atoms with van der Waals surface area (Å²) < 4.78 is 5.26. The largest absolute Gasteiger partial charge is 0.444 e. The average molecular weight is 374 g/mol. The van der Waals surface area contributed by atoms with Crippen LogP contribution < -0.4 is 0 Å². The maximum atomic E-state index is 12.2. The van der Waals surface area contributed by atoms with Crippen LogP contribution in [0.5, 0.6) is 0 Å². The number of rotatable bonds is 6. The van der Waals surface area contributed by atoms with Gasteiger partial charge < -0.3 is 14.5 Å². The van der Waals surface area contributed by atoms with Crippen molar-refractivity contribution < 1.29 is 28.8 Å². The number of nitrogens with zero attached hydrogens (tertiary/aromatic N) is 2. The molecular formula is C19H22N2O6. The Balaban J connectivity index is 1.95. The summed E-state index contributed by atoms with van der Waals surface area (Å²) in [6.07, 6.45) is 0.677. The van der Waals surface area contributed by atoms with Crippen molar-refractivity contribution in [3.63, 3.8) is 0 Å². The molecule has 0 spiro atoms. The molecule has 1 aliphatic heterocycles. The zero-order valence-corrected chi connectivity index (χ0v) is 15.6. The van der Waals surface area contributed by atoms with Crippen molar-refractivity contribution in [2.75, 3.05) is 13.1 Å². The Bertz CT molecular complexity index is 746. The molecule has 0 aliphatic carbocycles. The molecule has 27 heavy (non-hydrogen) atoms. The lowest BCUT2D eigenvalue weighted by Gasteiger charge is -2.26. The summed E-state index contributed by atoms with van der Waals surface area (Å²) in [6.45, 7) is 8.92. The molecule has 8 nitrogen and oxygen atoms in total. The lowest BCUT2D eigenvalue weighted by Crippen LogP contribution is -2.39. The van der Waals surface area contributed by atoms with Gasteiger partial charge in [0.05, 0.1) is 17.5 Å². The van der Waals surface area contributed by atoms with Gasteiger partial charge in [-0.2, -0.15) is 0 Å². The molecule has 1 heterocycles. The Morgan fingerprint density at radius 1 is 1.15 bits per heavy atom. The minimum atomic E-state index is -0.817.